The molecule has 3 nitrogen and oxygen atoms in total. The van der Waals surface area contributed by atoms with E-state index in [1.165, 1.54) is 30.4 Å². The van der Waals surface area contributed by atoms with Crippen LogP contribution in [-0.4, -0.2) is 12.5 Å². The highest BCUT2D eigenvalue weighted by Crippen LogP contribution is 2.32. The first kappa shape index (κ1) is 13.9. The highest BCUT2D eigenvalue weighted by molar-refractivity contribution is 5.93. The second-order valence-corrected chi connectivity index (χ2v) is 5.28. The van der Waals surface area contributed by atoms with E-state index < -0.39 is 0 Å². The van der Waals surface area contributed by atoms with Crippen LogP contribution < -0.4 is 11.1 Å². The molecule has 1 aliphatic rings. The summed E-state index contributed by atoms with van der Waals surface area (Å²) in [5.41, 5.74) is 9.76. The zero-order valence-corrected chi connectivity index (χ0v) is 12.1. The number of hydrogen-bond donors (Lipinski definition) is 2. The molecule has 2 rings (SSSR count). The highest BCUT2D eigenvalue weighted by atomic mass is 15.1. The van der Waals surface area contributed by atoms with Crippen LogP contribution in [0.1, 0.15) is 44.2 Å². The monoisotopic (exact) mass is 259 g/mol. The molecule has 0 unspecified atom stereocenters. The Kier molecular flexibility index (Phi) is 4.83. The summed E-state index contributed by atoms with van der Waals surface area (Å²) in [5.74, 6) is 1.46. The molecule has 0 saturated heterocycles. The Hall–Kier alpha value is -1.51. The Morgan fingerprint density at radius 2 is 1.89 bits per heavy atom. The molecule has 0 aliphatic heterocycles. The van der Waals surface area contributed by atoms with E-state index in [0.717, 1.165) is 31.0 Å². The molecular formula is C16H25N3. The van der Waals surface area contributed by atoms with Crippen molar-refractivity contribution in [1.82, 2.24) is 0 Å². The van der Waals surface area contributed by atoms with Crippen LogP contribution in [0, 0.1) is 5.92 Å². The van der Waals surface area contributed by atoms with Crippen LogP contribution in [0.4, 0.5) is 5.69 Å². The molecule has 1 aliphatic carbocycles. The average Bonchev–Trinajstić information content (AvgIpc) is 3.23. The van der Waals surface area contributed by atoms with E-state index in [0.29, 0.717) is 5.96 Å². The van der Waals surface area contributed by atoms with Crippen LogP contribution in [0.3, 0.4) is 0 Å². The van der Waals surface area contributed by atoms with Crippen molar-refractivity contribution in [2.24, 2.45) is 16.6 Å². The fourth-order valence-electron chi connectivity index (χ4n) is 2.34. The summed E-state index contributed by atoms with van der Waals surface area (Å²) >= 11 is 0. The van der Waals surface area contributed by atoms with E-state index in [-0.39, 0.29) is 0 Å². The number of hydrogen-bond acceptors (Lipinski definition) is 1. The number of nitrogens with zero attached hydrogens (tertiary/aromatic N) is 1. The Labute approximate surface area is 116 Å². The largest absolute Gasteiger partial charge is 0.370 e. The quantitative estimate of drug-likeness (QED) is 0.608. The number of para-hydroxylation sites is 1. The average molecular weight is 259 g/mol. The molecule has 1 fully saturated rings. The highest BCUT2D eigenvalue weighted by Gasteiger charge is 2.20. The summed E-state index contributed by atoms with van der Waals surface area (Å²) in [6.45, 7) is 5.18. The van der Waals surface area contributed by atoms with E-state index >= 15 is 0 Å². The summed E-state index contributed by atoms with van der Waals surface area (Å²) in [7, 11) is 0. The molecule has 0 radical (unpaired) electrons. The van der Waals surface area contributed by atoms with E-state index in [1.807, 2.05) is 0 Å². The van der Waals surface area contributed by atoms with Gasteiger partial charge in [-0.1, -0.05) is 44.9 Å². The van der Waals surface area contributed by atoms with Gasteiger partial charge in [0.25, 0.3) is 0 Å². The first-order valence-electron chi connectivity index (χ1n) is 7.42. The normalized spacial score (nSPS) is 15.6. The molecule has 3 N–H and O–H groups in total. The zero-order chi connectivity index (χ0) is 13.7. The van der Waals surface area contributed by atoms with Crippen LogP contribution in [-0.2, 0) is 12.8 Å². The second-order valence-electron chi connectivity index (χ2n) is 5.28. The van der Waals surface area contributed by atoms with E-state index in [2.05, 4.69) is 42.4 Å². The smallest absolute Gasteiger partial charge is 0.193 e. The van der Waals surface area contributed by atoms with Gasteiger partial charge in [0.05, 0.1) is 0 Å². The molecule has 0 amide bonds. The van der Waals surface area contributed by atoms with Crippen LogP contribution in [0.15, 0.2) is 23.2 Å². The van der Waals surface area contributed by atoms with Gasteiger partial charge in [0.2, 0.25) is 0 Å². The van der Waals surface area contributed by atoms with Crippen molar-refractivity contribution in [3.8, 4) is 0 Å². The molecule has 0 heterocycles. The molecule has 19 heavy (non-hydrogen) atoms. The molecule has 0 bridgehead atoms. The molecule has 104 valence electrons. The lowest BCUT2D eigenvalue weighted by atomic mass is 10.0. The van der Waals surface area contributed by atoms with Gasteiger partial charge in [0, 0.05) is 12.2 Å². The zero-order valence-electron chi connectivity index (χ0n) is 12.1. The van der Waals surface area contributed by atoms with Crippen molar-refractivity contribution in [3.05, 3.63) is 29.3 Å². The van der Waals surface area contributed by atoms with Crippen molar-refractivity contribution >= 4 is 11.6 Å². The SMILES string of the molecule is CCc1cccc(CC)c1NC(N)=NCCC1CC1. The summed E-state index contributed by atoms with van der Waals surface area (Å²) in [6.07, 6.45) is 5.94. The van der Waals surface area contributed by atoms with Gasteiger partial charge in [-0.05, 0) is 36.3 Å². The van der Waals surface area contributed by atoms with E-state index in [9.17, 15) is 0 Å². The van der Waals surface area contributed by atoms with Crippen molar-refractivity contribution in [2.45, 2.75) is 46.0 Å². The summed E-state index contributed by atoms with van der Waals surface area (Å²) < 4.78 is 0. The molecule has 1 aromatic rings. The van der Waals surface area contributed by atoms with Gasteiger partial charge in [-0.2, -0.15) is 0 Å². The van der Waals surface area contributed by atoms with E-state index in [4.69, 9.17) is 5.73 Å². The van der Waals surface area contributed by atoms with Gasteiger partial charge in [-0.25, -0.2) is 0 Å². The number of guanidine groups is 1. The van der Waals surface area contributed by atoms with Crippen molar-refractivity contribution in [2.75, 3.05) is 11.9 Å². The standard InChI is InChI=1S/C16H25N3/c1-3-13-6-5-7-14(4-2)15(13)19-16(17)18-11-10-12-8-9-12/h5-7,12H,3-4,8-11H2,1-2H3,(H3,17,18,19). The Balaban J connectivity index is 2.03. The van der Waals surface area contributed by atoms with Crippen LogP contribution in [0.2, 0.25) is 0 Å². The maximum atomic E-state index is 6.00. The first-order chi connectivity index (χ1) is 9.24. The van der Waals surface area contributed by atoms with Crippen LogP contribution in [0.25, 0.3) is 0 Å². The minimum Gasteiger partial charge on any atom is -0.370 e. The lowest BCUT2D eigenvalue weighted by Gasteiger charge is -2.14. The van der Waals surface area contributed by atoms with Crippen molar-refractivity contribution < 1.29 is 0 Å². The fraction of sp³-hybridized carbons (Fsp3) is 0.562. The van der Waals surface area contributed by atoms with E-state index in [1.54, 1.807) is 0 Å². The number of aryl methyl sites for hydroxylation is 2. The number of nitrogens with two attached hydrogens (primary N) is 1. The first-order valence-corrected chi connectivity index (χ1v) is 7.42. The van der Waals surface area contributed by atoms with Gasteiger partial charge in [0.1, 0.15) is 0 Å². The summed E-state index contributed by atoms with van der Waals surface area (Å²) in [4.78, 5) is 4.43. The van der Waals surface area contributed by atoms with Crippen LogP contribution in [0.5, 0.6) is 0 Å². The van der Waals surface area contributed by atoms with Gasteiger partial charge in [0.15, 0.2) is 5.96 Å². The Bertz CT molecular complexity index is 425. The minimum atomic E-state index is 0.552. The summed E-state index contributed by atoms with van der Waals surface area (Å²) in [6, 6.07) is 6.42. The topological polar surface area (TPSA) is 50.4 Å². The van der Waals surface area contributed by atoms with Gasteiger partial charge >= 0.3 is 0 Å². The maximum absolute atomic E-state index is 6.00. The third-order valence-electron chi connectivity index (χ3n) is 3.77. The number of aliphatic imine (C=N–C) groups is 1. The third-order valence-corrected chi connectivity index (χ3v) is 3.77. The molecule has 0 atom stereocenters. The van der Waals surface area contributed by atoms with Gasteiger partial charge < -0.3 is 11.1 Å². The lowest BCUT2D eigenvalue weighted by Crippen LogP contribution is -2.24. The summed E-state index contributed by atoms with van der Waals surface area (Å²) in [5, 5.41) is 3.30. The number of benzene rings is 1. The number of anilines is 1. The van der Waals surface area contributed by atoms with Crippen LogP contribution >= 0.6 is 0 Å². The van der Waals surface area contributed by atoms with Crippen molar-refractivity contribution in [1.29, 1.82) is 0 Å². The molecule has 0 aromatic heterocycles. The van der Waals surface area contributed by atoms with Gasteiger partial charge in [-0.3, -0.25) is 4.99 Å². The lowest BCUT2D eigenvalue weighted by molar-refractivity contribution is 0.739. The predicted molar refractivity (Wildman–Crippen MR) is 82.7 cm³/mol. The minimum absolute atomic E-state index is 0.552. The Morgan fingerprint density at radius 1 is 1.26 bits per heavy atom. The molecular weight excluding hydrogens is 234 g/mol. The van der Waals surface area contributed by atoms with Crippen molar-refractivity contribution in [3.63, 3.8) is 0 Å². The fourth-order valence-corrected chi connectivity index (χ4v) is 2.34. The molecule has 1 saturated carbocycles. The second kappa shape index (κ2) is 6.60. The Morgan fingerprint density at radius 3 is 2.42 bits per heavy atom. The molecule has 0 spiro atoms. The molecule has 1 aromatic carbocycles. The van der Waals surface area contributed by atoms with Gasteiger partial charge in [-0.15, -0.1) is 0 Å². The number of rotatable bonds is 6. The maximum Gasteiger partial charge on any atom is 0.193 e. The molecule has 3 heteroatoms. The predicted octanol–water partition coefficient (Wildman–Crippen LogP) is 3.34. The number of nitrogens with one attached hydrogen (secondary N) is 1. The third kappa shape index (κ3) is 3.98.